The second-order valence-corrected chi connectivity index (χ2v) is 8.65. The number of para-hydroxylation sites is 3. The van der Waals surface area contributed by atoms with Gasteiger partial charge in [-0.3, -0.25) is 14.5 Å². The number of fused-ring (bicyclic) bond motifs is 2. The Morgan fingerprint density at radius 3 is 2.60 bits per heavy atom. The summed E-state index contributed by atoms with van der Waals surface area (Å²) >= 11 is 0.987. The third kappa shape index (κ3) is 4.44. The Labute approximate surface area is 201 Å². The number of rotatable bonds is 4. The van der Waals surface area contributed by atoms with Gasteiger partial charge in [0.15, 0.2) is 5.65 Å². The third-order valence-electron chi connectivity index (χ3n) is 5.44. The molecule has 0 saturated heterocycles. The van der Waals surface area contributed by atoms with Gasteiger partial charge in [-0.05, 0) is 24.3 Å². The molecule has 0 radical (unpaired) electrons. The maximum Gasteiger partial charge on any atom is 0.409 e. The summed E-state index contributed by atoms with van der Waals surface area (Å²) in [4.78, 5) is 34.5. The molecular formula is C23H17F3N6O2S. The fraction of sp³-hybridized carbons (Fsp3) is 0.174. The van der Waals surface area contributed by atoms with Crippen LogP contribution in [0.3, 0.4) is 0 Å². The highest BCUT2D eigenvalue weighted by Crippen LogP contribution is 2.38. The molecule has 0 bridgehead atoms. The highest BCUT2D eigenvalue weighted by atomic mass is 32.2. The Bertz CT molecular complexity index is 1410. The average Bonchev–Trinajstić information content (AvgIpc) is 3.21. The van der Waals surface area contributed by atoms with Crippen molar-refractivity contribution < 1.29 is 22.8 Å². The maximum atomic E-state index is 13.9. The smallest absolute Gasteiger partial charge is 0.324 e. The summed E-state index contributed by atoms with van der Waals surface area (Å²) in [5, 5.41) is 7.78. The molecule has 1 aliphatic heterocycles. The summed E-state index contributed by atoms with van der Waals surface area (Å²) in [5.41, 5.74) is 1.43. The topological polar surface area (TPSA) is 93.0 Å². The van der Waals surface area contributed by atoms with Crippen LogP contribution in [0.4, 0.5) is 24.5 Å². The molecule has 1 N–H and O–H groups in total. The first kappa shape index (κ1) is 22.8. The lowest BCUT2D eigenvalue weighted by Gasteiger charge is -2.31. The largest absolute Gasteiger partial charge is 0.409 e. The van der Waals surface area contributed by atoms with Crippen LogP contribution in [0.5, 0.6) is 0 Å². The van der Waals surface area contributed by atoms with Crippen LogP contribution in [0.25, 0.3) is 16.7 Å². The number of carbonyl (C=O) groups excluding carboxylic acids is 2. The zero-order valence-electron chi connectivity index (χ0n) is 17.9. The molecule has 1 unspecified atom stereocenters. The van der Waals surface area contributed by atoms with E-state index >= 15 is 0 Å². The van der Waals surface area contributed by atoms with Gasteiger partial charge >= 0.3 is 6.18 Å². The van der Waals surface area contributed by atoms with E-state index < -0.39 is 30.5 Å². The van der Waals surface area contributed by atoms with Crippen LogP contribution in [0.1, 0.15) is 6.42 Å². The highest BCUT2D eigenvalue weighted by molar-refractivity contribution is 8.00. The van der Waals surface area contributed by atoms with Crippen molar-refractivity contribution in [3.8, 4) is 5.69 Å². The quantitative estimate of drug-likeness (QED) is 0.335. The van der Waals surface area contributed by atoms with Gasteiger partial charge < -0.3 is 5.32 Å². The first-order valence-corrected chi connectivity index (χ1v) is 11.5. The summed E-state index contributed by atoms with van der Waals surface area (Å²) in [6.45, 7) is 0. The molecule has 4 aromatic rings. The van der Waals surface area contributed by atoms with Crippen molar-refractivity contribution in [1.82, 2.24) is 19.7 Å². The number of carbonyl (C=O) groups is 2. The molecule has 8 nitrogen and oxygen atoms in total. The minimum atomic E-state index is -4.80. The van der Waals surface area contributed by atoms with E-state index in [9.17, 15) is 22.8 Å². The molecule has 0 spiro atoms. The van der Waals surface area contributed by atoms with E-state index in [1.54, 1.807) is 16.9 Å². The van der Waals surface area contributed by atoms with Gasteiger partial charge in [0, 0.05) is 0 Å². The summed E-state index contributed by atoms with van der Waals surface area (Å²) in [6.07, 6.45) is -2.82. The summed E-state index contributed by atoms with van der Waals surface area (Å²) in [7, 11) is 0. The summed E-state index contributed by atoms with van der Waals surface area (Å²) < 4.78 is 43.4. The van der Waals surface area contributed by atoms with Crippen LogP contribution < -0.4 is 10.2 Å². The molecule has 2 amide bonds. The number of amides is 2. The third-order valence-corrected chi connectivity index (χ3v) is 6.43. The molecule has 5 rings (SSSR count). The van der Waals surface area contributed by atoms with E-state index in [1.807, 2.05) is 30.3 Å². The van der Waals surface area contributed by atoms with Crippen LogP contribution in [-0.2, 0) is 9.59 Å². The van der Waals surface area contributed by atoms with E-state index in [0.717, 1.165) is 17.4 Å². The van der Waals surface area contributed by atoms with Crippen molar-refractivity contribution in [3.63, 3.8) is 0 Å². The van der Waals surface area contributed by atoms with Gasteiger partial charge in [0.25, 0.3) is 0 Å². The number of hydrogen-bond acceptors (Lipinski definition) is 6. The predicted octanol–water partition coefficient (Wildman–Crippen LogP) is 4.21. The Morgan fingerprint density at radius 1 is 1.09 bits per heavy atom. The fourth-order valence-corrected chi connectivity index (χ4v) is 4.71. The number of alkyl halides is 3. The number of halogens is 3. The molecule has 1 aliphatic rings. The zero-order chi connectivity index (χ0) is 24.6. The molecule has 178 valence electrons. The SMILES string of the molecule is O=C1CC(C(F)(F)F)N(C(=O)CSc2ncnc3c2cnn3-c2ccccc2)c2ccccc2N1. The van der Waals surface area contributed by atoms with Gasteiger partial charge in [-0.2, -0.15) is 18.3 Å². The van der Waals surface area contributed by atoms with Crippen molar-refractivity contribution >= 4 is 46.0 Å². The zero-order valence-corrected chi connectivity index (χ0v) is 18.8. The number of benzene rings is 2. The van der Waals surface area contributed by atoms with E-state index in [0.29, 0.717) is 21.0 Å². The van der Waals surface area contributed by atoms with Crippen LogP contribution in [0, 0.1) is 0 Å². The van der Waals surface area contributed by atoms with E-state index in [4.69, 9.17) is 0 Å². The van der Waals surface area contributed by atoms with Gasteiger partial charge in [0.1, 0.15) is 17.4 Å². The van der Waals surface area contributed by atoms with Crippen molar-refractivity contribution in [3.05, 3.63) is 67.1 Å². The summed E-state index contributed by atoms with van der Waals surface area (Å²) in [5.74, 6) is -1.95. The Hall–Kier alpha value is -3.93. The number of aromatic nitrogens is 4. The second kappa shape index (κ2) is 9.02. The van der Waals surface area contributed by atoms with Crippen LogP contribution in [0.15, 0.2) is 72.1 Å². The standard InChI is InChI=1S/C23H17F3N6O2S/c24-23(25,26)18-10-19(33)30-16-8-4-5-9-17(16)31(18)20(34)12-35-22-15-11-29-32(21(15)27-13-28-22)14-6-2-1-3-7-14/h1-9,11,13,18H,10,12H2,(H,30,33). The predicted molar refractivity (Wildman–Crippen MR) is 124 cm³/mol. The molecule has 1 atom stereocenters. The van der Waals surface area contributed by atoms with E-state index in [2.05, 4.69) is 20.4 Å². The minimum absolute atomic E-state index is 0.00370. The number of hydrogen-bond donors (Lipinski definition) is 1. The van der Waals surface area contributed by atoms with E-state index in [1.165, 1.54) is 24.5 Å². The monoisotopic (exact) mass is 498 g/mol. The summed E-state index contributed by atoms with van der Waals surface area (Å²) in [6, 6.07) is 12.9. The molecule has 0 saturated carbocycles. The van der Waals surface area contributed by atoms with Crippen molar-refractivity contribution in [2.75, 3.05) is 16.0 Å². The first-order valence-electron chi connectivity index (χ1n) is 10.5. The molecule has 2 aromatic heterocycles. The molecule has 0 fully saturated rings. The first-order chi connectivity index (χ1) is 16.8. The normalized spacial score (nSPS) is 16.0. The lowest BCUT2D eigenvalue weighted by Crippen LogP contribution is -2.50. The number of nitrogens with zero attached hydrogens (tertiary/aromatic N) is 5. The molecule has 12 heteroatoms. The molecule has 2 aromatic carbocycles. The molecule has 0 aliphatic carbocycles. The van der Waals surface area contributed by atoms with Crippen LogP contribution >= 0.6 is 11.8 Å². The lowest BCUT2D eigenvalue weighted by atomic mass is 10.1. The van der Waals surface area contributed by atoms with Gasteiger partial charge in [-0.1, -0.05) is 42.1 Å². The number of anilines is 2. The molecule has 3 heterocycles. The molecular weight excluding hydrogens is 481 g/mol. The van der Waals surface area contributed by atoms with Gasteiger partial charge in [0.2, 0.25) is 11.8 Å². The van der Waals surface area contributed by atoms with Gasteiger partial charge in [-0.25, -0.2) is 14.6 Å². The average molecular weight is 498 g/mol. The Morgan fingerprint density at radius 2 is 1.83 bits per heavy atom. The van der Waals surface area contributed by atoms with Gasteiger partial charge in [0.05, 0.1) is 40.8 Å². The fourth-order valence-electron chi connectivity index (χ4n) is 3.89. The second-order valence-electron chi connectivity index (χ2n) is 7.69. The highest BCUT2D eigenvalue weighted by Gasteiger charge is 2.48. The van der Waals surface area contributed by atoms with Crippen molar-refractivity contribution in [2.45, 2.75) is 23.7 Å². The Kier molecular flexibility index (Phi) is 5.89. The number of nitrogens with one attached hydrogen (secondary N) is 1. The number of thioether (sulfide) groups is 1. The van der Waals surface area contributed by atoms with Crippen molar-refractivity contribution in [2.24, 2.45) is 0 Å². The lowest BCUT2D eigenvalue weighted by molar-refractivity contribution is -0.157. The molecule has 35 heavy (non-hydrogen) atoms. The van der Waals surface area contributed by atoms with Crippen LogP contribution in [-0.4, -0.2) is 49.5 Å². The van der Waals surface area contributed by atoms with E-state index in [-0.39, 0.29) is 17.1 Å². The van der Waals surface area contributed by atoms with Crippen molar-refractivity contribution in [1.29, 1.82) is 0 Å². The van der Waals surface area contributed by atoms with Crippen LogP contribution in [0.2, 0.25) is 0 Å². The Balaban J connectivity index is 1.45. The maximum absolute atomic E-state index is 13.9. The van der Waals surface area contributed by atoms with Gasteiger partial charge in [-0.15, -0.1) is 0 Å². The minimum Gasteiger partial charge on any atom is -0.324 e.